The van der Waals surface area contributed by atoms with Gasteiger partial charge in [-0.1, -0.05) is 26.0 Å². The first kappa shape index (κ1) is 18.4. The molecule has 2 amide bonds. The Balaban J connectivity index is 2.04. The molecule has 132 valence electrons. The summed E-state index contributed by atoms with van der Waals surface area (Å²) < 4.78 is 27.1. The van der Waals surface area contributed by atoms with E-state index in [0.717, 1.165) is 11.6 Å². The van der Waals surface area contributed by atoms with Crippen LogP contribution in [0.4, 0.5) is 20.2 Å². The Hall–Kier alpha value is -2.96. The molecule has 0 saturated carbocycles. The lowest BCUT2D eigenvalue weighted by Crippen LogP contribution is -2.23. The van der Waals surface area contributed by atoms with Crippen LogP contribution in [0.1, 0.15) is 35.7 Å². The second kappa shape index (κ2) is 7.74. The SMILES string of the molecule is CC(C)c1cccc(NC(=O)CNc2cc(C(N)=O)c(F)cc2F)c1. The number of anilines is 2. The number of nitrogens with two attached hydrogens (primary N) is 1. The van der Waals surface area contributed by atoms with Crippen LogP contribution in [-0.4, -0.2) is 18.4 Å². The minimum Gasteiger partial charge on any atom is -0.374 e. The number of benzene rings is 2. The molecule has 7 heteroatoms. The molecule has 0 saturated heterocycles. The van der Waals surface area contributed by atoms with E-state index < -0.39 is 29.0 Å². The molecule has 25 heavy (non-hydrogen) atoms. The van der Waals surface area contributed by atoms with Gasteiger partial charge in [0.25, 0.3) is 5.91 Å². The van der Waals surface area contributed by atoms with E-state index in [1.54, 1.807) is 6.07 Å². The predicted octanol–water partition coefficient (Wildman–Crippen LogP) is 3.24. The van der Waals surface area contributed by atoms with Crippen LogP contribution in [-0.2, 0) is 4.79 Å². The van der Waals surface area contributed by atoms with Gasteiger partial charge in [-0.05, 0) is 29.7 Å². The number of carbonyl (C=O) groups is 2. The third-order valence-corrected chi connectivity index (χ3v) is 3.60. The van der Waals surface area contributed by atoms with Gasteiger partial charge >= 0.3 is 0 Å². The first-order valence-electron chi connectivity index (χ1n) is 7.70. The van der Waals surface area contributed by atoms with Crippen molar-refractivity contribution >= 4 is 23.2 Å². The molecule has 0 unspecified atom stereocenters. The van der Waals surface area contributed by atoms with Crippen molar-refractivity contribution in [3.05, 3.63) is 59.2 Å². The van der Waals surface area contributed by atoms with Gasteiger partial charge in [0.15, 0.2) is 0 Å². The van der Waals surface area contributed by atoms with Crippen LogP contribution in [0, 0.1) is 11.6 Å². The molecule has 0 aliphatic carbocycles. The van der Waals surface area contributed by atoms with E-state index >= 15 is 0 Å². The molecule has 0 aliphatic heterocycles. The summed E-state index contributed by atoms with van der Waals surface area (Å²) in [7, 11) is 0. The molecule has 0 atom stereocenters. The molecule has 0 fully saturated rings. The van der Waals surface area contributed by atoms with Crippen molar-refractivity contribution in [1.29, 1.82) is 0 Å². The fourth-order valence-corrected chi connectivity index (χ4v) is 2.23. The van der Waals surface area contributed by atoms with Crippen LogP contribution in [0.25, 0.3) is 0 Å². The number of carbonyl (C=O) groups excluding carboxylic acids is 2. The number of amides is 2. The summed E-state index contributed by atoms with van der Waals surface area (Å²) in [6, 6.07) is 8.88. The summed E-state index contributed by atoms with van der Waals surface area (Å²) in [4.78, 5) is 23.1. The lowest BCUT2D eigenvalue weighted by Gasteiger charge is -2.11. The highest BCUT2D eigenvalue weighted by atomic mass is 19.1. The minimum absolute atomic E-state index is 0.179. The average Bonchev–Trinajstić information content (AvgIpc) is 2.53. The van der Waals surface area contributed by atoms with Gasteiger partial charge in [0.2, 0.25) is 5.91 Å². The van der Waals surface area contributed by atoms with Crippen LogP contribution in [0.3, 0.4) is 0 Å². The molecule has 0 radical (unpaired) electrons. The van der Waals surface area contributed by atoms with Gasteiger partial charge in [-0.2, -0.15) is 0 Å². The highest BCUT2D eigenvalue weighted by Gasteiger charge is 2.14. The Labute approximate surface area is 144 Å². The molecule has 2 aromatic carbocycles. The number of rotatable bonds is 6. The smallest absolute Gasteiger partial charge is 0.251 e. The molecule has 0 heterocycles. The number of nitrogens with one attached hydrogen (secondary N) is 2. The van der Waals surface area contributed by atoms with Crippen LogP contribution in [0.15, 0.2) is 36.4 Å². The standard InChI is InChI=1S/C18H19F2N3O2/c1-10(2)11-4-3-5-12(6-11)23-17(24)9-22-16-7-13(18(21)25)14(19)8-15(16)20/h3-8,10,22H,9H2,1-2H3,(H2,21,25)(H,23,24). The van der Waals surface area contributed by atoms with Gasteiger partial charge in [-0.15, -0.1) is 0 Å². The van der Waals surface area contributed by atoms with Gasteiger partial charge in [-0.3, -0.25) is 9.59 Å². The summed E-state index contributed by atoms with van der Waals surface area (Å²) in [5.74, 6) is -3.08. The first-order valence-corrected chi connectivity index (χ1v) is 7.70. The van der Waals surface area contributed by atoms with E-state index in [0.29, 0.717) is 17.7 Å². The molecule has 0 aliphatic rings. The summed E-state index contributed by atoms with van der Waals surface area (Å²) >= 11 is 0. The second-order valence-electron chi connectivity index (χ2n) is 5.86. The van der Waals surface area contributed by atoms with Gasteiger partial charge in [0, 0.05) is 11.8 Å². The van der Waals surface area contributed by atoms with Crippen molar-refractivity contribution in [2.75, 3.05) is 17.2 Å². The Kier molecular flexibility index (Phi) is 5.69. The average molecular weight is 347 g/mol. The van der Waals surface area contributed by atoms with Crippen molar-refractivity contribution in [2.24, 2.45) is 5.73 Å². The van der Waals surface area contributed by atoms with Gasteiger partial charge in [0.05, 0.1) is 17.8 Å². The molecule has 0 bridgehead atoms. The van der Waals surface area contributed by atoms with Gasteiger partial charge in [0.1, 0.15) is 11.6 Å². The number of halogens is 2. The zero-order valence-corrected chi connectivity index (χ0v) is 13.9. The van der Waals surface area contributed by atoms with Gasteiger partial charge in [-0.25, -0.2) is 8.78 Å². The number of hydrogen-bond acceptors (Lipinski definition) is 3. The normalized spacial score (nSPS) is 10.6. The molecule has 0 spiro atoms. The Morgan fingerprint density at radius 3 is 2.48 bits per heavy atom. The quantitative estimate of drug-likeness (QED) is 0.750. The zero-order valence-electron chi connectivity index (χ0n) is 13.9. The maximum Gasteiger partial charge on any atom is 0.251 e. The van der Waals surface area contributed by atoms with Crippen LogP contribution < -0.4 is 16.4 Å². The van der Waals surface area contributed by atoms with Crippen molar-refractivity contribution in [1.82, 2.24) is 0 Å². The third kappa shape index (κ3) is 4.76. The fraction of sp³-hybridized carbons (Fsp3) is 0.222. The highest BCUT2D eigenvalue weighted by Crippen LogP contribution is 2.20. The van der Waals surface area contributed by atoms with E-state index in [9.17, 15) is 18.4 Å². The van der Waals surface area contributed by atoms with Crippen LogP contribution in [0.2, 0.25) is 0 Å². The topological polar surface area (TPSA) is 84.2 Å². The lowest BCUT2D eigenvalue weighted by molar-refractivity contribution is -0.114. The van der Waals surface area contributed by atoms with E-state index in [-0.39, 0.29) is 12.2 Å². The molecular weight excluding hydrogens is 328 g/mol. The molecular formula is C18H19F2N3O2. The summed E-state index contributed by atoms with van der Waals surface area (Å²) in [5, 5.41) is 5.22. The maximum atomic E-state index is 13.7. The predicted molar refractivity (Wildman–Crippen MR) is 92.5 cm³/mol. The second-order valence-corrected chi connectivity index (χ2v) is 5.86. The number of primary amides is 1. The molecule has 2 aromatic rings. The van der Waals surface area contributed by atoms with Crippen molar-refractivity contribution < 1.29 is 18.4 Å². The Morgan fingerprint density at radius 2 is 1.84 bits per heavy atom. The first-order chi connectivity index (χ1) is 11.8. The fourth-order valence-electron chi connectivity index (χ4n) is 2.23. The van der Waals surface area contributed by atoms with Crippen LogP contribution in [0.5, 0.6) is 0 Å². The van der Waals surface area contributed by atoms with Crippen molar-refractivity contribution in [3.8, 4) is 0 Å². The van der Waals surface area contributed by atoms with E-state index in [2.05, 4.69) is 10.6 Å². The number of hydrogen-bond donors (Lipinski definition) is 3. The third-order valence-electron chi connectivity index (χ3n) is 3.60. The monoisotopic (exact) mass is 347 g/mol. The largest absolute Gasteiger partial charge is 0.374 e. The van der Waals surface area contributed by atoms with E-state index in [4.69, 9.17) is 5.73 Å². The zero-order chi connectivity index (χ0) is 18.6. The Morgan fingerprint density at radius 1 is 1.12 bits per heavy atom. The maximum absolute atomic E-state index is 13.7. The summed E-state index contributed by atoms with van der Waals surface area (Å²) in [5.41, 5.74) is 6.08. The van der Waals surface area contributed by atoms with E-state index in [1.807, 2.05) is 32.0 Å². The molecule has 0 aromatic heterocycles. The summed E-state index contributed by atoms with van der Waals surface area (Å²) in [6.07, 6.45) is 0. The van der Waals surface area contributed by atoms with Crippen molar-refractivity contribution in [3.63, 3.8) is 0 Å². The van der Waals surface area contributed by atoms with E-state index in [1.165, 1.54) is 0 Å². The highest BCUT2D eigenvalue weighted by molar-refractivity contribution is 5.95. The Bertz CT molecular complexity index is 807. The molecule has 2 rings (SSSR count). The molecule has 5 nitrogen and oxygen atoms in total. The van der Waals surface area contributed by atoms with Crippen LogP contribution >= 0.6 is 0 Å². The lowest BCUT2D eigenvalue weighted by atomic mass is 10.0. The van der Waals surface area contributed by atoms with Gasteiger partial charge < -0.3 is 16.4 Å². The van der Waals surface area contributed by atoms with Crippen molar-refractivity contribution in [2.45, 2.75) is 19.8 Å². The minimum atomic E-state index is -1.05. The molecule has 4 N–H and O–H groups in total. The summed E-state index contributed by atoms with van der Waals surface area (Å²) in [6.45, 7) is 3.82.